The van der Waals surface area contributed by atoms with Gasteiger partial charge < -0.3 is 0 Å². The Balaban J connectivity index is 2.37. The summed E-state index contributed by atoms with van der Waals surface area (Å²) >= 11 is 1.83. The van der Waals surface area contributed by atoms with Gasteiger partial charge in [-0.2, -0.15) is 11.8 Å². The molecule has 0 saturated heterocycles. The Bertz CT molecular complexity index is 246. The predicted molar refractivity (Wildman–Crippen MR) is 56.9 cm³/mol. The maximum atomic E-state index is 11.9. The minimum Gasteiger partial charge on any atom is -0.299 e. The van der Waals surface area contributed by atoms with Crippen LogP contribution >= 0.6 is 11.8 Å². The molecule has 2 aliphatic rings. The number of carbonyl (C=O) groups is 1. The largest absolute Gasteiger partial charge is 0.299 e. The van der Waals surface area contributed by atoms with Crippen LogP contribution in [0, 0.1) is 16.7 Å². The molecule has 0 spiro atoms. The fourth-order valence-corrected chi connectivity index (χ4v) is 4.52. The molecule has 0 unspecified atom stereocenters. The molecule has 2 bridgehead atoms. The highest BCUT2D eigenvalue weighted by atomic mass is 32.2. The Morgan fingerprint density at radius 2 is 2.23 bits per heavy atom. The molecule has 2 saturated carbocycles. The molecule has 0 aromatic heterocycles. The summed E-state index contributed by atoms with van der Waals surface area (Å²) in [5, 5.41) is 0. The number of hydrogen-bond acceptors (Lipinski definition) is 2. The van der Waals surface area contributed by atoms with Gasteiger partial charge in [0.2, 0.25) is 0 Å². The number of Topliss-reactive ketones (excluding diaryl/α,β-unsaturated/α-hetero) is 1. The van der Waals surface area contributed by atoms with Gasteiger partial charge in [0.05, 0.1) is 0 Å². The van der Waals surface area contributed by atoms with Crippen LogP contribution < -0.4 is 0 Å². The number of thioether (sulfide) groups is 1. The fraction of sp³-hybridized carbons (Fsp3) is 0.909. The molecule has 74 valence electrons. The van der Waals surface area contributed by atoms with Gasteiger partial charge in [0.1, 0.15) is 5.78 Å². The maximum Gasteiger partial charge on any atom is 0.140 e. The van der Waals surface area contributed by atoms with E-state index in [4.69, 9.17) is 0 Å². The molecular weight excluding hydrogens is 180 g/mol. The fourth-order valence-electron chi connectivity index (χ4n) is 3.35. The third-order valence-corrected chi connectivity index (χ3v) is 5.31. The smallest absolute Gasteiger partial charge is 0.140 e. The van der Waals surface area contributed by atoms with Crippen molar-refractivity contribution in [2.24, 2.45) is 16.7 Å². The minimum atomic E-state index is 0.0388. The van der Waals surface area contributed by atoms with Crippen LogP contribution in [0.5, 0.6) is 0 Å². The zero-order valence-electron chi connectivity index (χ0n) is 8.72. The maximum absolute atomic E-state index is 11.9. The molecular formula is C11H18OS. The van der Waals surface area contributed by atoms with Crippen LogP contribution in [-0.2, 0) is 4.79 Å². The Morgan fingerprint density at radius 1 is 1.54 bits per heavy atom. The molecule has 0 aliphatic heterocycles. The second-order valence-electron chi connectivity index (χ2n) is 5.10. The number of rotatable bonds is 2. The zero-order chi connectivity index (χ0) is 9.69. The molecule has 0 heterocycles. The van der Waals surface area contributed by atoms with E-state index in [0.29, 0.717) is 11.7 Å². The van der Waals surface area contributed by atoms with E-state index in [1.807, 2.05) is 11.8 Å². The lowest BCUT2D eigenvalue weighted by Gasteiger charge is -2.35. The van der Waals surface area contributed by atoms with Gasteiger partial charge in [-0.25, -0.2) is 0 Å². The summed E-state index contributed by atoms with van der Waals surface area (Å²) < 4.78 is 0. The molecule has 0 aromatic carbocycles. The number of hydrogen-bond donors (Lipinski definition) is 0. The average Bonchev–Trinajstić information content (AvgIpc) is 2.38. The van der Waals surface area contributed by atoms with Crippen molar-refractivity contribution in [2.45, 2.75) is 33.1 Å². The molecule has 2 rings (SSSR count). The first-order valence-corrected chi connectivity index (χ1v) is 6.46. The third kappa shape index (κ3) is 0.984. The van der Waals surface area contributed by atoms with Crippen molar-refractivity contribution >= 4 is 17.5 Å². The first-order valence-electron chi connectivity index (χ1n) is 5.07. The van der Waals surface area contributed by atoms with Crippen molar-refractivity contribution < 1.29 is 4.79 Å². The van der Waals surface area contributed by atoms with E-state index in [9.17, 15) is 4.79 Å². The van der Waals surface area contributed by atoms with Crippen LogP contribution in [0.25, 0.3) is 0 Å². The molecule has 0 N–H and O–H groups in total. The van der Waals surface area contributed by atoms with Crippen LogP contribution in [0.15, 0.2) is 0 Å². The summed E-state index contributed by atoms with van der Waals surface area (Å²) in [5.74, 6) is 2.25. The van der Waals surface area contributed by atoms with Crippen LogP contribution in [-0.4, -0.2) is 17.8 Å². The molecule has 0 aromatic rings. The Kier molecular flexibility index (Phi) is 2.03. The van der Waals surface area contributed by atoms with Gasteiger partial charge in [-0.1, -0.05) is 13.8 Å². The standard InChI is InChI=1S/C11H18OS/c1-10(2)8-4-5-11(10,7-13-3)9(12)6-8/h8H,4-7H2,1-3H3/t8-,11-/m1/s1. The van der Waals surface area contributed by atoms with Crippen molar-refractivity contribution in [2.75, 3.05) is 12.0 Å². The second kappa shape index (κ2) is 2.75. The quantitative estimate of drug-likeness (QED) is 0.678. The lowest BCUT2D eigenvalue weighted by molar-refractivity contribution is -0.127. The lowest BCUT2D eigenvalue weighted by atomic mass is 9.70. The highest BCUT2D eigenvalue weighted by molar-refractivity contribution is 7.98. The van der Waals surface area contributed by atoms with E-state index in [1.54, 1.807) is 0 Å². The van der Waals surface area contributed by atoms with E-state index in [-0.39, 0.29) is 10.8 Å². The number of carbonyl (C=O) groups excluding carboxylic acids is 1. The van der Waals surface area contributed by atoms with Crippen molar-refractivity contribution in [3.05, 3.63) is 0 Å². The van der Waals surface area contributed by atoms with Gasteiger partial charge in [0.15, 0.2) is 0 Å². The lowest BCUT2D eigenvalue weighted by Crippen LogP contribution is -2.38. The molecule has 2 aliphatic carbocycles. The summed E-state index contributed by atoms with van der Waals surface area (Å²) in [6.07, 6.45) is 5.39. The van der Waals surface area contributed by atoms with Crippen molar-refractivity contribution in [1.82, 2.24) is 0 Å². The summed E-state index contributed by atoms with van der Waals surface area (Å²) in [4.78, 5) is 11.9. The predicted octanol–water partition coefficient (Wildman–Crippen LogP) is 2.74. The first-order chi connectivity index (χ1) is 6.04. The zero-order valence-corrected chi connectivity index (χ0v) is 9.54. The molecule has 13 heavy (non-hydrogen) atoms. The number of fused-ring (bicyclic) bond motifs is 2. The van der Waals surface area contributed by atoms with Crippen molar-refractivity contribution in [3.8, 4) is 0 Å². The summed E-state index contributed by atoms with van der Waals surface area (Å²) in [6, 6.07) is 0. The number of ketones is 1. The Morgan fingerprint density at radius 3 is 2.62 bits per heavy atom. The van der Waals surface area contributed by atoms with Crippen molar-refractivity contribution in [1.29, 1.82) is 0 Å². The monoisotopic (exact) mass is 198 g/mol. The van der Waals surface area contributed by atoms with E-state index in [1.165, 1.54) is 6.42 Å². The summed E-state index contributed by atoms with van der Waals surface area (Å²) in [5.41, 5.74) is 0.310. The van der Waals surface area contributed by atoms with Gasteiger partial charge in [0, 0.05) is 17.6 Å². The SMILES string of the molecule is CSC[C@]12CC[C@H](CC1=O)C2(C)C. The minimum absolute atomic E-state index is 0.0388. The average molecular weight is 198 g/mol. The van der Waals surface area contributed by atoms with Gasteiger partial charge in [-0.05, 0) is 30.4 Å². The molecule has 2 fully saturated rings. The van der Waals surface area contributed by atoms with Gasteiger partial charge in [0.25, 0.3) is 0 Å². The van der Waals surface area contributed by atoms with Gasteiger partial charge in [-0.3, -0.25) is 4.79 Å². The highest BCUT2D eigenvalue weighted by Gasteiger charge is 2.63. The molecule has 2 heteroatoms. The Labute approximate surface area is 84.7 Å². The highest BCUT2D eigenvalue weighted by Crippen LogP contribution is 2.64. The molecule has 0 amide bonds. The molecule has 1 nitrogen and oxygen atoms in total. The van der Waals surface area contributed by atoms with Crippen LogP contribution in [0.4, 0.5) is 0 Å². The van der Waals surface area contributed by atoms with E-state index < -0.39 is 0 Å². The van der Waals surface area contributed by atoms with Gasteiger partial charge in [-0.15, -0.1) is 0 Å². The topological polar surface area (TPSA) is 17.1 Å². The van der Waals surface area contributed by atoms with Gasteiger partial charge >= 0.3 is 0 Å². The second-order valence-corrected chi connectivity index (χ2v) is 5.97. The normalized spacial score (nSPS) is 41.5. The first kappa shape index (κ1) is 9.57. The van der Waals surface area contributed by atoms with Crippen LogP contribution in [0.3, 0.4) is 0 Å². The van der Waals surface area contributed by atoms with Crippen LogP contribution in [0.2, 0.25) is 0 Å². The van der Waals surface area contributed by atoms with E-state index >= 15 is 0 Å². The third-order valence-electron chi connectivity index (χ3n) is 4.53. The summed E-state index contributed by atoms with van der Waals surface area (Å²) in [6.45, 7) is 4.59. The summed E-state index contributed by atoms with van der Waals surface area (Å²) in [7, 11) is 0. The molecule has 2 atom stereocenters. The van der Waals surface area contributed by atoms with E-state index in [2.05, 4.69) is 20.1 Å². The van der Waals surface area contributed by atoms with E-state index in [0.717, 1.165) is 18.6 Å². The Hall–Kier alpha value is 0.0200. The van der Waals surface area contributed by atoms with Crippen molar-refractivity contribution in [3.63, 3.8) is 0 Å². The molecule has 0 radical (unpaired) electrons. The van der Waals surface area contributed by atoms with Crippen LogP contribution in [0.1, 0.15) is 33.1 Å².